The minimum atomic E-state index is -0.590. The summed E-state index contributed by atoms with van der Waals surface area (Å²) in [4.78, 5) is 8.27. The van der Waals surface area contributed by atoms with Crippen molar-refractivity contribution >= 4 is 0 Å². The van der Waals surface area contributed by atoms with Gasteiger partial charge in [-0.2, -0.15) is 0 Å². The number of hydrogen-bond donors (Lipinski definition) is 2. The molecule has 0 aliphatic heterocycles. The van der Waals surface area contributed by atoms with Gasteiger partial charge in [0.1, 0.15) is 0 Å². The zero-order chi connectivity index (χ0) is 9.90. The van der Waals surface area contributed by atoms with Crippen LogP contribution in [0, 0.1) is 6.92 Å². The SMILES string of the molecule is Cc1nccnc1[C@@](C)(N)CCO. The lowest BCUT2D eigenvalue weighted by molar-refractivity contribution is 0.244. The summed E-state index contributed by atoms with van der Waals surface area (Å²) in [5, 5.41) is 8.83. The summed E-state index contributed by atoms with van der Waals surface area (Å²) in [7, 11) is 0. The third kappa shape index (κ3) is 2.23. The van der Waals surface area contributed by atoms with Gasteiger partial charge in [-0.1, -0.05) is 0 Å². The zero-order valence-corrected chi connectivity index (χ0v) is 7.99. The number of nitrogens with zero attached hydrogens (tertiary/aromatic N) is 2. The average molecular weight is 181 g/mol. The minimum Gasteiger partial charge on any atom is -0.396 e. The minimum absolute atomic E-state index is 0.0585. The third-order valence-electron chi connectivity index (χ3n) is 2.05. The number of rotatable bonds is 3. The molecule has 0 radical (unpaired) electrons. The lowest BCUT2D eigenvalue weighted by Crippen LogP contribution is -2.36. The maximum Gasteiger partial charge on any atom is 0.0812 e. The molecule has 1 heterocycles. The molecule has 13 heavy (non-hydrogen) atoms. The molecule has 0 fully saturated rings. The molecular weight excluding hydrogens is 166 g/mol. The van der Waals surface area contributed by atoms with Crippen molar-refractivity contribution in [1.82, 2.24) is 9.97 Å². The van der Waals surface area contributed by atoms with Gasteiger partial charge in [-0.05, 0) is 20.3 Å². The second-order valence-corrected chi connectivity index (χ2v) is 3.38. The monoisotopic (exact) mass is 181 g/mol. The molecule has 0 spiro atoms. The van der Waals surface area contributed by atoms with E-state index in [1.165, 1.54) is 0 Å². The maximum absolute atomic E-state index is 8.83. The molecule has 0 aliphatic rings. The van der Waals surface area contributed by atoms with E-state index in [4.69, 9.17) is 10.8 Å². The summed E-state index contributed by atoms with van der Waals surface area (Å²) >= 11 is 0. The van der Waals surface area contributed by atoms with E-state index in [0.717, 1.165) is 11.4 Å². The van der Waals surface area contributed by atoms with Crippen LogP contribution in [0.5, 0.6) is 0 Å². The van der Waals surface area contributed by atoms with Gasteiger partial charge in [0.05, 0.1) is 16.9 Å². The third-order valence-corrected chi connectivity index (χ3v) is 2.05. The van der Waals surface area contributed by atoms with E-state index in [1.54, 1.807) is 12.4 Å². The lowest BCUT2D eigenvalue weighted by atomic mass is 9.94. The smallest absolute Gasteiger partial charge is 0.0812 e. The van der Waals surface area contributed by atoms with Crippen LogP contribution in [-0.4, -0.2) is 21.7 Å². The first kappa shape index (κ1) is 10.1. The molecule has 1 rings (SSSR count). The van der Waals surface area contributed by atoms with Gasteiger partial charge in [-0.3, -0.25) is 9.97 Å². The van der Waals surface area contributed by atoms with E-state index in [9.17, 15) is 0 Å². The van der Waals surface area contributed by atoms with E-state index in [-0.39, 0.29) is 6.61 Å². The molecule has 1 aromatic rings. The van der Waals surface area contributed by atoms with Crippen molar-refractivity contribution < 1.29 is 5.11 Å². The summed E-state index contributed by atoms with van der Waals surface area (Å²) in [5.41, 5.74) is 6.97. The molecule has 0 aliphatic carbocycles. The van der Waals surface area contributed by atoms with Gasteiger partial charge in [0.15, 0.2) is 0 Å². The van der Waals surface area contributed by atoms with Gasteiger partial charge < -0.3 is 10.8 Å². The Morgan fingerprint density at radius 1 is 1.46 bits per heavy atom. The second-order valence-electron chi connectivity index (χ2n) is 3.38. The van der Waals surface area contributed by atoms with Crippen LogP contribution in [0.15, 0.2) is 12.4 Å². The summed E-state index contributed by atoms with van der Waals surface area (Å²) in [6.07, 6.45) is 3.74. The molecule has 3 N–H and O–H groups in total. The number of aliphatic hydroxyl groups excluding tert-OH is 1. The molecule has 0 saturated carbocycles. The standard InChI is InChI=1S/C9H15N3O/c1-7-8(12-5-4-11-7)9(2,10)3-6-13/h4-5,13H,3,6,10H2,1-2H3/t9-/m0/s1. The molecule has 72 valence electrons. The van der Waals surface area contributed by atoms with Crippen molar-refractivity contribution in [3.05, 3.63) is 23.8 Å². The lowest BCUT2D eigenvalue weighted by Gasteiger charge is -2.23. The highest BCUT2D eigenvalue weighted by Gasteiger charge is 2.24. The number of hydrogen-bond acceptors (Lipinski definition) is 4. The summed E-state index contributed by atoms with van der Waals surface area (Å²) in [6.45, 7) is 3.77. The molecule has 0 bridgehead atoms. The van der Waals surface area contributed by atoms with Crippen LogP contribution in [0.3, 0.4) is 0 Å². The topological polar surface area (TPSA) is 72.0 Å². The predicted molar refractivity (Wildman–Crippen MR) is 50.0 cm³/mol. The Kier molecular flexibility index (Phi) is 2.95. The van der Waals surface area contributed by atoms with Gasteiger partial charge in [-0.25, -0.2) is 0 Å². The molecule has 0 unspecified atom stereocenters. The molecule has 0 aromatic carbocycles. The van der Waals surface area contributed by atoms with Crippen LogP contribution in [0.25, 0.3) is 0 Å². The Morgan fingerprint density at radius 3 is 2.62 bits per heavy atom. The maximum atomic E-state index is 8.83. The number of nitrogens with two attached hydrogens (primary N) is 1. The Hall–Kier alpha value is -1.00. The van der Waals surface area contributed by atoms with Gasteiger partial charge in [0.25, 0.3) is 0 Å². The number of aliphatic hydroxyl groups is 1. The van der Waals surface area contributed by atoms with E-state index in [2.05, 4.69) is 9.97 Å². The van der Waals surface area contributed by atoms with Gasteiger partial charge in [0, 0.05) is 19.0 Å². The average Bonchev–Trinajstić information content (AvgIpc) is 2.04. The fraction of sp³-hybridized carbons (Fsp3) is 0.556. The fourth-order valence-corrected chi connectivity index (χ4v) is 1.32. The molecular formula is C9H15N3O. The van der Waals surface area contributed by atoms with Crippen molar-refractivity contribution in [1.29, 1.82) is 0 Å². The van der Waals surface area contributed by atoms with Crippen LogP contribution >= 0.6 is 0 Å². The van der Waals surface area contributed by atoms with Crippen LogP contribution in [-0.2, 0) is 5.54 Å². The van der Waals surface area contributed by atoms with Gasteiger partial charge >= 0.3 is 0 Å². The highest BCUT2D eigenvalue weighted by molar-refractivity contribution is 5.17. The number of aromatic nitrogens is 2. The van der Waals surface area contributed by atoms with E-state index >= 15 is 0 Å². The molecule has 0 amide bonds. The molecule has 4 nitrogen and oxygen atoms in total. The molecule has 1 atom stereocenters. The number of aryl methyl sites for hydroxylation is 1. The largest absolute Gasteiger partial charge is 0.396 e. The highest BCUT2D eigenvalue weighted by atomic mass is 16.3. The van der Waals surface area contributed by atoms with Gasteiger partial charge in [0.2, 0.25) is 0 Å². The van der Waals surface area contributed by atoms with Crippen molar-refractivity contribution in [3.63, 3.8) is 0 Å². The van der Waals surface area contributed by atoms with Crippen LogP contribution in [0.4, 0.5) is 0 Å². The van der Waals surface area contributed by atoms with Crippen molar-refractivity contribution in [2.24, 2.45) is 5.73 Å². The molecule has 1 aromatic heterocycles. The highest BCUT2D eigenvalue weighted by Crippen LogP contribution is 2.20. The van der Waals surface area contributed by atoms with E-state index in [1.807, 2.05) is 13.8 Å². The van der Waals surface area contributed by atoms with E-state index < -0.39 is 5.54 Å². The first-order valence-corrected chi connectivity index (χ1v) is 4.26. The van der Waals surface area contributed by atoms with Crippen molar-refractivity contribution in [2.45, 2.75) is 25.8 Å². The van der Waals surface area contributed by atoms with Crippen LogP contribution in [0.1, 0.15) is 24.7 Å². The quantitative estimate of drug-likeness (QED) is 0.705. The summed E-state index contributed by atoms with van der Waals surface area (Å²) in [6, 6.07) is 0. The van der Waals surface area contributed by atoms with Crippen LogP contribution < -0.4 is 5.73 Å². The summed E-state index contributed by atoms with van der Waals surface area (Å²) in [5.74, 6) is 0. The Labute approximate surface area is 77.8 Å². The van der Waals surface area contributed by atoms with Crippen LogP contribution in [0.2, 0.25) is 0 Å². The predicted octanol–water partition coefficient (Wildman–Crippen LogP) is 0.341. The summed E-state index contributed by atoms with van der Waals surface area (Å²) < 4.78 is 0. The first-order valence-electron chi connectivity index (χ1n) is 4.26. The van der Waals surface area contributed by atoms with Gasteiger partial charge in [-0.15, -0.1) is 0 Å². The molecule has 0 saturated heterocycles. The van der Waals surface area contributed by atoms with Crippen molar-refractivity contribution in [2.75, 3.05) is 6.61 Å². The normalized spacial score (nSPS) is 15.4. The fourth-order valence-electron chi connectivity index (χ4n) is 1.32. The second kappa shape index (κ2) is 3.81. The molecule has 4 heteroatoms. The Balaban J connectivity index is 2.99. The van der Waals surface area contributed by atoms with Crippen molar-refractivity contribution in [3.8, 4) is 0 Å². The Morgan fingerprint density at radius 2 is 2.08 bits per heavy atom. The van der Waals surface area contributed by atoms with E-state index in [0.29, 0.717) is 6.42 Å². The first-order chi connectivity index (χ1) is 6.08. The Bertz CT molecular complexity index is 286. The zero-order valence-electron chi connectivity index (χ0n) is 7.99.